The number of halogens is 1. The van der Waals surface area contributed by atoms with E-state index in [1.807, 2.05) is 31.4 Å². The Bertz CT molecular complexity index is 640. The molecular formula is C21H28ClNO2. The number of methoxy groups -OCH3 is 1. The van der Waals surface area contributed by atoms with E-state index in [2.05, 4.69) is 4.90 Å². The molecule has 0 N–H and O–H groups in total. The van der Waals surface area contributed by atoms with Crippen LogP contribution in [0.3, 0.4) is 0 Å². The lowest BCUT2D eigenvalue weighted by molar-refractivity contribution is -0.147. The maximum atomic E-state index is 13.6. The van der Waals surface area contributed by atoms with Gasteiger partial charge in [0, 0.05) is 30.6 Å². The molecular weight excluding hydrogens is 334 g/mol. The Hall–Kier alpha value is -1.06. The third-order valence-corrected chi connectivity index (χ3v) is 7.27. The van der Waals surface area contributed by atoms with Crippen LogP contribution in [0.1, 0.15) is 56.9 Å². The van der Waals surface area contributed by atoms with Gasteiger partial charge in [-0.15, -0.1) is 0 Å². The van der Waals surface area contributed by atoms with Gasteiger partial charge in [0.05, 0.1) is 11.5 Å². The first-order chi connectivity index (χ1) is 12.1. The maximum absolute atomic E-state index is 13.6. The Balaban J connectivity index is 1.58. The molecule has 2 atom stereocenters. The van der Waals surface area contributed by atoms with Crippen LogP contribution in [0.25, 0.3) is 0 Å². The smallest absolute Gasteiger partial charge is 0.233 e. The monoisotopic (exact) mass is 361 g/mol. The Kier molecular flexibility index (Phi) is 4.57. The van der Waals surface area contributed by atoms with Gasteiger partial charge in [0.25, 0.3) is 0 Å². The lowest BCUT2D eigenvalue weighted by atomic mass is 9.63. The molecule has 2 saturated carbocycles. The fraction of sp³-hybridized carbons (Fsp3) is 0.667. The summed E-state index contributed by atoms with van der Waals surface area (Å²) >= 11 is 6.06. The molecule has 0 bridgehead atoms. The average Bonchev–Trinajstić information content (AvgIpc) is 2.97. The van der Waals surface area contributed by atoms with Crippen molar-refractivity contribution in [1.29, 1.82) is 0 Å². The molecule has 2 aliphatic carbocycles. The van der Waals surface area contributed by atoms with Gasteiger partial charge in [-0.1, -0.05) is 36.6 Å². The quantitative estimate of drug-likeness (QED) is 0.789. The molecule has 1 spiro atoms. The van der Waals surface area contributed by atoms with Crippen molar-refractivity contribution in [3.05, 3.63) is 34.9 Å². The van der Waals surface area contributed by atoms with Crippen molar-refractivity contribution in [1.82, 2.24) is 4.90 Å². The SMILES string of the molecule is CO[C@@H]1CCC[C@]12CCCN(C(=O)C1(c3ccc(Cl)cc3)CCC1)C2. The zero-order valence-electron chi connectivity index (χ0n) is 15.1. The summed E-state index contributed by atoms with van der Waals surface area (Å²) in [5.74, 6) is 0.335. The third kappa shape index (κ3) is 2.80. The number of ether oxygens (including phenoxy) is 1. The van der Waals surface area contributed by atoms with Crippen molar-refractivity contribution < 1.29 is 9.53 Å². The van der Waals surface area contributed by atoms with Gasteiger partial charge < -0.3 is 9.64 Å². The number of piperidine rings is 1. The van der Waals surface area contributed by atoms with Crippen molar-refractivity contribution in [2.45, 2.75) is 62.9 Å². The molecule has 136 valence electrons. The van der Waals surface area contributed by atoms with Gasteiger partial charge in [-0.2, -0.15) is 0 Å². The van der Waals surface area contributed by atoms with Crippen LogP contribution in [0.15, 0.2) is 24.3 Å². The molecule has 1 aromatic rings. The van der Waals surface area contributed by atoms with Crippen molar-refractivity contribution in [2.75, 3.05) is 20.2 Å². The molecule has 0 aromatic heterocycles. The normalized spacial score (nSPS) is 31.1. The van der Waals surface area contributed by atoms with E-state index in [1.165, 1.54) is 19.3 Å². The molecule has 3 aliphatic rings. The molecule has 0 radical (unpaired) electrons. The first-order valence-corrected chi connectivity index (χ1v) is 10.1. The number of carbonyl (C=O) groups is 1. The molecule has 1 saturated heterocycles. The molecule has 1 aromatic carbocycles. The Labute approximate surface area is 155 Å². The van der Waals surface area contributed by atoms with Gasteiger partial charge in [0.2, 0.25) is 5.91 Å². The molecule has 3 fully saturated rings. The average molecular weight is 362 g/mol. The fourth-order valence-corrected chi connectivity index (χ4v) is 5.63. The van der Waals surface area contributed by atoms with Gasteiger partial charge in [0.15, 0.2) is 0 Å². The van der Waals surface area contributed by atoms with Gasteiger partial charge in [0.1, 0.15) is 0 Å². The highest BCUT2D eigenvalue weighted by atomic mass is 35.5. The largest absolute Gasteiger partial charge is 0.381 e. The number of likely N-dealkylation sites (tertiary alicyclic amines) is 1. The van der Waals surface area contributed by atoms with Gasteiger partial charge in [-0.05, 0) is 56.2 Å². The first kappa shape index (κ1) is 17.4. The van der Waals surface area contributed by atoms with E-state index in [9.17, 15) is 4.79 Å². The van der Waals surface area contributed by atoms with Crippen LogP contribution >= 0.6 is 11.6 Å². The highest BCUT2D eigenvalue weighted by Crippen LogP contribution is 2.50. The summed E-state index contributed by atoms with van der Waals surface area (Å²) in [5, 5.41) is 0.733. The second-order valence-corrected chi connectivity index (χ2v) is 8.69. The van der Waals surface area contributed by atoms with Crippen LogP contribution in [-0.2, 0) is 14.9 Å². The van der Waals surface area contributed by atoms with Crippen molar-refractivity contribution in [3.8, 4) is 0 Å². The summed E-state index contributed by atoms with van der Waals surface area (Å²) in [6.45, 7) is 1.77. The minimum Gasteiger partial charge on any atom is -0.381 e. The molecule has 1 heterocycles. The Morgan fingerprint density at radius 2 is 1.84 bits per heavy atom. The minimum absolute atomic E-state index is 0.188. The van der Waals surface area contributed by atoms with Crippen molar-refractivity contribution in [2.24, 2.45) is 5.41 Å². The molecule has 1 aliphatic heterocycles. The summed E-state index contributed by atoms with van der Waals surface area (Å²) in [5.41, 5.74) is 1.01. The first-order valence-electron chi connectivity index (χ1n) is 9.68. The minimum atomic E-state index is -0.315. The van der Waals surface area contributed by atoms with Crippen LogP contribution in [0.4, 0.5) is 0 Å². The standard InChI is InChI=1S/C21H28ClNO2/c1-25-18-5-2-10-20(18)11-4-14-23(15-20)19(24)21(12-3-13-21)16-6-8-17(22)9-7-16/h6-9,18H,2-5,10-15H2,1H3/t18-,20-/m1/s1. The summed E-state index contributed by atoms with van der Waals surface area (Å²) in [6.07, 6.45) is 9.23. The second-order valence-electron chi connectivity index (χ2n) is 8.25. The van der Waals surface area contributed by atoms with E-state index >= 15 is 0 Å². The summed E-state index contributed by atoms with van der Waals surface area (Å²) in [6, 6.07) is 7.93. The van der Waals surface area contributed by atoms with Crippen LogP contribution in [0.2, 0.25) is 5.02 Å². The number of hydrogen-bond donors (Lipinski definition) is 0. The van der Waals surface area contributed by atoms with Gasteiger partial charge >= 0.3 is 0 Å². The summed E-state index contributed by atoms with van der Waals surface area (Å²) in [7, 11) is 1.83. The number of carbonyl (C=O) groups excluding carboxylic acids is 1. The Morgan fingerprint density at radius 3 is 2.48 bits per heavy atom. The van der Waals surface area contributed by atoms with E-state index in [4.69, 9.17) is 16.3 Å². The lowest BCUT2D eigenvalue weighted by Crippen LogP contribution is -2.57. The van der Waals surface area contributed by atoms with Crippen LogP contribution in [-0.4, -0.2) is 37.1 Å². The van der Waals surface area contributed by atoms with Crippen LogP contribution in [0, 0.1) is 5.41 Å². The van der Waals surface area contributed by atoms with Crippen molar-refractivity contribution >= 4 is 17.5 Å². The second kappa shape index (κ2) is 6.59. The predicted octanol–water partition coefficient (Wildman–Crippen LogP) is 4.57. The zero-order chi connectivity index (χ0) is 17.5. The topological polar surface area (TPSA) is 29.5 Å². The van der Waals surface area contributed by atoms with E-state index < -0.39 is 0 Å². The lowest BCUT2D eigenvalue weighted by Gasteiger charge is -2.49. The highest BCUT2D eigenvalue weighted by molar-refractivity contribution is 6.30. The number of hydrogen-bond acceptors (Lipinski definition) is 2. The summed E-state index contributed by atoms with van der Waals surface area (Å²) in [4.78, 5) is 15.7. The molecule has 0 unspecified atom stereocenters. The van der Waals surface area contributed by atoms with Gasteiger partial charge in [-0.25, -0.2) is 0 Å². The molecule has 1 amide bonds. The molecule has 3 nitrogen and oxygen atoms in total. The van der Waals surface area contributed by atoms with E-state index in [-0.39, 0.29) is 10.8 Å². The number of amides is 1. The van der Waals surface area contributed by atoms with Crippen molar-refractivity contribution in [3.63, 3.8) is 0 Å². The molecule has 25 heavy (non-hydrogen) atoms. The Morgan fingerprint density at radius 1 is 1.12 bits per heavy atom. The summed E-state index contributed by atoms with van der Waals surface area (Å²) < 4.78 is 5.80. The van der Waals surface area contributed by atoms with Crippen LogP contribution < -0.4 is 0 Å². The molecule has 4 heteroatoms. The maximum Gasteiger partial charge on any atom is 0.233 e. The number of rotatable bonds is 3. The number of nitrogens with zero attached hydrogens (tertiary/aromatic N) is 1. The third-order valence-electron chi connectivity index (χ3n) is 7.02. The van der Waals surface area contributed by atoms with E-state index in [1.54, 1.807) is 0 Å². The predicted molar refractivity (Wildman–Crippen MR) is 99.9 cm³/mol. The van der Waals surface area contributed by atoms with E-state index in [0.29, 0.717) is 12.0 Å². The van der Waals surface area contributed by atoms with E-state index in [0.717, 1.165) is 55.8 Å². The number of benzene rings is 1. The fourth-order valence-electron chi connectivity index (χ4n) is 5.50. The molecule has 4 rings (SSSR count). The highest BCUT2D eigenvalue weighted by Gasteiger charge is 2.52. The zero-order valence-corrected chi connectivity index (χ0v) is 15.9. The van der Waals surface area contributed by atoms with Crippen LogP contribution in [0.5, 0.6) is 0 Å². The van der Waals surface area contributed by atoms with Gasteiger partial charge in [-0.3, -0.25) is 4.79 Å².